The van der Waals surface area contributed by atoms with E-state index in [9.17, 15) is 4.79 Å². The van der Waals surface area contributed by atoms with Crippen LogP contribution < -0.4 is 5.32 Å². The van der Waals surface area contributed by atoms with Crippen LogP contribution in [-0.4, -0.2) is 28.6 Å². The largest absolute Gasteiger partial charge is 0.481 e. The maximum Gasteiger partial charge on any atom is 0.308 e. The molecule has 1 atom stereocenters. The molecule has 1 unspecified atom stereocenters. The van der Waals surface area contributed by atoms with Crippen LogP contribution in [0, 0.1) is 0 Å². The monoisotopic (exact) mass is 240 g/mol. The number of rotatable bonds is 4. The molecule has 1 saturated heterocycles. The van der Waals surface area contributed by atoms with Crippen LogP contribution >= 0.6 is 11.3 Å². The molecule has 2 heterocycles. The second-order valence-electron chi connectivity index (χ2n) is 4.14. The van der Waals surface area contributed by atoms with Crippen molar-refractivity contribution < 1.29 is 9.90 Å². The zero-order valence-corrected chi connectivity index (χ0v) is 9.92. The number of nitrogens with one attached hydrogen (secondary N) is 1. The van der Waals surface area contributed by atoms with E-state index in [2.05, 4.69) is 10.3 Å². The third-order valence-corrected chi connectivity index (χ3v) is 3.78. The van der Waals surface area contributed by atoms with Crippen LogP contribution in [0.3, 0.4) is 0 Å². The van der Waals surface area contributed by atoms with Crippen molar-refractivity contribution in [3.8, 4) is 0 Å². The Morgan fingerprint density at radius 3 is 3.19 bits per heavy atom. The molecule has 2 rings (SSSR count). The van der Waals surface area contributed by atoms with Crippen molar-refractivity contribution in [3.05, 3.63) is 16.1 Å². The highest BCUT2D eigenvalue weighted by Gasteiger charge is 2.15. The first-order chi connectivity index (χ1) is 7.74. The number of hydrogen-bond donors (Lipinski definition) is 2. The molecule has 2 N–H and O–H groups in total. The van der Waals surface area contributed by atoms with Gasteiger partial charge in [-0.3, -0.25) is 4.79 Å². The number of nitrogens with zero attached hydrogens (tertiary/aromatic N) is 1. The fraction of sp³-hybridized carbons (Fsp3) is 0.636. The topological polar surface area (TPSA) is 62.2 Å². The maximum absolute atomic E-state index is 10.5. The summed E-state index contributed by atoms with van der Waals surface area (Å²) in [6.07, 6.45) is 6.47. The van der Waals surface area contributed by atoms with Crippen molar-refractivity contribution >= 4 is 17.3 Å². The summed E-state index contributed by atoms with van der Waals surface area (Å²) in [6.45, 7) is 1.10. The second-order valence-corrected chi connectivity index (χ2v) is 5.34. The van der Waals surface area contributed by atoms with Gasteiger partial charge in [0.15, 0.2) is 0 Å². The van der Waals surface area contributed by atoms with Crippen LogP contribution in [0.1, 0.15) is 29.1 Å². The third-order valence-electron chi connectivity index (χ3n) is 2.76. The molecule has 0 aliphatic carbocycles. The molecule has 4 nitrogen and oxygen atoms in total. The molecule has 0 amide bonds. The van der Waals surface area contributed by atoms with Gasteiger partial charge in [-0.15, -0.1) is 11.3 Å². The molecule has 1 aromatic rings. The molecule has 1 fully saturated rings. The summed E-state index contributed by atoms with van der Waals surface area (Å²) >= 11 is 1.52. The summed E-state index contributed by atoms with van der Waals surface area (Å²) < 4.78 is 0. The van der Waals surface area contributed by atoms with E-state index in [4.69, 9.17) is 5.11 Å². The van der Waals surface area contributed by atoms with Gasteiger partial charge in [0.25, 0.3) is 0 Å². The van der Waals surface area contributed by atoms with Crippen LogP contribution in [-0.2, 0) is 17.6 Å². The SMILES string of the molecule is O=C(O)Cc1cnc(CC2CCCCN2)s1. The minimum absolute atomic E-state index is 0.0930. The highest BCUT2D eigenvalue weighted by atomic mass is 32.1. The molecule has 0 spiro atoms. The molecule has 1 aliphatic rings. The third kappa shape index (κ3) is 3.28. The Kier molecular flexibility index (Phi) is 3.90. The van der Waals surface area contributed by atoms with Gasteiger partial charge in [-0.2, -0.15) is 0 Å². The summed E-state index contributed by atoms with van der Waals surface area (Å²) in [5.74, 6) is -0.786. The van der Waals surface area contributed by atoms with Crippen LogP contribution in [0.25, 0.3) is 0 Å². The average Bonchev–Trinajstić information content (AvgIpc) is 2.66. The fourth-order valence-electron chi connectivity index (χ4n) is 1.98. The van der Waals surface area contributed by atoms with E-state index in [1.54, 1.807) is 6.20 Å². The van der Waals surface area contributed by atoms with E-state index in [1.807, 2.05) is 0 Å². The molecule has 88 valence electrons. The Labute approximate surface area is 98.7 Å². The first-order valence-corrected chi connectivity index (χ1v) is 6.44. The van der Waals surface area contributed by atoms with Crippen molar-refractivity contribution in [2.24, 2.45) is 0 Å². The van der Waals surface area contributed by atoms with E-state index in [0.717, 1.165) is 22.9 Å². The summed E-state index contributed by atoms with van der Waals surface area (Å²) in [5.41, 5.74) is 0. The first-order valence-electron chi connectivity index (χ1n) is 5.63. The summed E-state index contributed by atoms with van der Waals surface area (Å²) in [7, 11) is 0. The van der Waals surface area contributed by atoms with E-state index in [-0.39, 0.29) is 6.42 Å². The van der Waals surface area contributed by atoms with Gasteiger partial charge in [-0.05, 0) is 19.4 Å². The highest BCUT2D eigenvalue weighted by molar-refractivity contribution is 7.11. The first kappa shape index (κ1) is 11.5. The number of hydrogen-bond acceptors (Lipinski definition) is 4. The molecule has 0 radical (unpaired) electrons. The minimum atomic E-state index is -0.786. The lowest BCUT2D eigenvalue weighted by Gasteiger charge is -2.22. The van der Waals surface area contributed by atoms with E-state index in [0.29, 0.717) is 6.04 Å². The summed E-state index contributed by atoms with van der Waals surface area (Å²) in [6, 6.07) is 0.526. The van der Waals surface area contributed by atoms with Gasteiger partial charge in [-0.25, -0.2) is 4.98 Å². The Balaban J connectivity index is 1.88. The Bertz CT molecular complexity index is 359. The lowest BCUT2D eigenvalue weighted by atomic mass is 10.0. The predicted molar refractivity (Wildman–Crippen MR) is 62.8 cm³/mol. The number of aromatic nitrogens is 1. The van der Waals surface area contributed by atoms with Gasteiger partial charge >= 0.3 is 5.97 Å². The van der Waals surface area contributed by atoms with Gasteiger partial charge < -0.3 is 10.4 Å². The highest BCUT2D eigenvalue weighted by Crippen LogP contribution is 2.18. The van der Waals surface area contributed by atoms with Crippen LogP contribution in [0.5, 0.6) is 0 Å². The van der Waals surface area contributed by atoms with Crippen LogP contribution in [0.15, 0.2) is 6.20 Å². The van der Waals surface area contributed by atoms with Gasteiger partial charge in [0.2, 0.25) is 0 Å². The van der Waals surface area contributed by atoms with Gasteiger partial charge in [-0.1, -0.05) is 6.42 Å². The summed E-state index contributed by atoms with van der Waals surface area (Å²) in [4.78, 5) is 15.7. The molecular weight excluding hydrogens is 224 g/mol. The molecule has 1 aliphatic heterocycles. The maximum atomic E-state index is 10.5. The minimum Gasteiger partial charge on any atom is -0.481 e. The second kappa shape index (κ2) is 5.41. The molecule has 0 aromatic carbocycles. The van der Waals surface area contributed by atoms with Crippen molar-refractivity contribution in [2.45, 2.75) is 38.1 Å². The van der Waals surface area contributed by atoms with Gasteiger partial charge in [0.05, 0.1) is 11.4 Å². The zero-order valence-electron chi connectivity index (χ0n) is 9.11. The zero-order chi connectivity index (χ0) is 11.4. The number of piperidine rings is 1. The van der Waals surface area contributed by atoms with Crippen molar-refractivity contribution in [1.29, 1.82) is 0 Å². The number of carboxylic acids is 1. The molecule has 0 saturated carbocycles. The van der Waals surface area contributed by atoms with Gasteiger partial charge in [0.1, 0.15) is 0 Å². The van der Waals surface area contributed by atoms with Crippen LogP contribution in [0.2, 0.25) is 0 Å². The molecule has 16 heavy (non-hydrogen) atoms. The van der Waals surface area contributed by atoms with Gasteiger partial charge in [0, 0.05) is 23.5 Å². The standard InChI is InChI=1S/C11H16N2O2S/c14-11(15)6-9-7-13-10(16-9)5-8-3-1-2-4-12-8/h7-8,12H,1-6H2,(H,14,15). The Morgan fingerprint density at radius 2 is 2.50 bits per heavy atom. The smallest absolute Gasteiger partial charge is 0.308 e. The molecule has 5 heteroatoms. The normalized spacial score (nSPS) is 20.9. The number of carbonyl (C=O) groups is 1. The lowest BCUT2D eigenvalue weighted by Crippen LogP contribution is -2.35. The summed E-state index contributed by atoms with van der Waals surface area (Å²) in [5, 5.41) is 13.2. The molecule has 0 bridgehead atoms. The van der Waals surface area contributed by atoms with Crippen LogP contribution in [0.4, 0.5) is 0 Å². The number of carboxylic acid groups (broad SMARTS) is 1. The van der Waals surface area contributed by atoms with Crippen molar-refractivity contribution in [1.82, 2.24) is 10.3 Å². The average molecular weight is 240 g/mol. The lowest BCUT2D eigenvalue weighted by molar-refractivity contribution is -0.136. The van der Waals surface area contributed by atoms with Crippen molar-refractivity contribution in [2.75, 3.05) is 6.54 Å². The van der Waals surface area contributed by atoms with E-state index >= 15 is 0 Å². The Morgan fingerprint density at radius 1 is 1.62 bits per heavy atom. The number of aliphatic carboxylic acids is 1. The van der Waals surface area contributed by atoms with E-state index in [1.165, 1.54) is 30.6 Å². The quantitative estimate of drug-likeness (QED) is 0.836. The van der Waals surface area contributed by atoms with E-state index < -0.39 is 5.97 Å². The molecule has 1 aromatic heterocycles. The van der Waals surface area contributed by atoms with Crippen molar-refractivity contribution in [3.63, 3.8) is 0 Å². The molecular formula is C11H16N2O2S. The fourth-order valence-corrected chi connectivity index (χ4v) is 2.98. The Hall–Kier alpha value is -0.940. The number of thiazole rings is 1. The predicted octanol–water partition coefficient (Wildman–Crippen LogP) is 1.45.